The molecule has 5 nitrogen and oxygen atoms in total. The van der Waals surface area contributed by atoms with E-state index in [2.05, 4.69) is 19.2 Å². The van der Waals surface area contributed by atoms with Crippen LogP contribution in [-0.2, 0) is 9.59 Å². The Morgan fingerprint density at radius 1 is 1.30 bits per heavy atom. The molecule has 1 aromatic carbocycles. The number of nitrogens with one attached hydrogen (secondary N) is 1. The van der Waals surface area contributed by atoms with Crippen molar-refractivity contribution in [1.82, 2.24) is 5.32 Å². The molecule has 1 fully saturated rings. The van der Waals surface area contributed by atoms with Crippen LogP contribution in [0.15, 0.2) is 24.3 Å². The minimum absolute atomic E-state index is 0.194. The molecule has 20 heavy (non-hydrogen) atoms. The third-order valence-electron chi connectivity index (χ3n) is 3.18. The van der Waals surface area contributed by atoms with Gasteiger partial charge in [-0.15, -0.1) is 0 Å². The maximum Gasteiger partial charge on any atom is 0.249 e. The summed E-state index contributed by atoms with van der Waals surface area (Å²) < 4.78 is 5.61. The molecule has 2 amide bonds. The number of rotatable bonds is 4. The summed E-state index contributed by atoms with van der Waals surface area (Å²) in [5.41, 5.74) is 0.845. The monoisotopic (exact) mass is 276 g/mol. The number of benzene rings is 1. The molecule has 1 atom stereocenters. The quantitative estimate of drug-likeness (QED) is 0.848. The normalized spacial score (nSPS) is 19.2. The summed E-state index contributed by atoms with van der Waals surface area (Å²) in [4.78, 5) is 24.9. The molecule has 2 rings (SSSR count). The first-order valence-corrected chi connectivity index (χ1v) is 6.80. The molecule has 1 aromatic rings. The number of hydrogen-bond acceptors (Lipinski definition) is 4. The zero-order valence-corrected chi connectivity index (χ0v) is 12.1. The number of anilines is 1. The van der Waals surface area contributed by atoms with Crippen molar-refractivity contribution < 1.29 is 14.3 Å². The van der Waals surface area contributed by atoms with Crippen LogP contribution in [-0.4, -0.2) is 31.0 Å². The highest BCUT2D eigenvalue weighted by molar-refractivity contribution is 6.04. The van der Waals surface area contributed by atoms with Gasteiger partial charge in [-0.25, -0.2) is 0 Å². The predicted molar refractivity (Wildman–Crippen MR) is 76.7 cm³/mol. The Morgan fingerprint density at radius 3 is 2.55 bits per heavy atom. The van der Waals surface area contributed by atoms with Gasteiger partial charge < -0.3 is 9.64 Å². The minimum atomic E-state index is -0.352. The number of carbonyl (C=O) groups is 2. The third-order valence-corrected chi connectivity index (χ3v) is 3.18. The van der Waals surface area contributed by atoms with E-state index in [0.29, 0.717) is 12.5 Å². The van der Waals surface area contributed by atoms with E-state index in [9.17, 15) is 9.59 Å². The number of amides is 2. The van der Waals surface area contributed by atoms with Crippen LogP contribution in [0.5, 0.6) is 5.75 Å². The Hall–Kier alpha value is -2.04. The summed E-state index contributed by atoms with van der Waals surface area (Å²) in [7, 11) is 0. The highest BCUT2D eigenvalue weighted by Crippen LogP contribution is 2.22. The van der Waals surface area contributed by atoms with Crippen molar-refractivity contribution in [2.45, 2.75) is 26.8 Å². The van der Waals surface area contributed by atoms with Gasteiger partial charge in [-0.3, -0.25) is 14.9 Å². The van der Waals surface area contributed by atoms with Crippen molar-refractivity contribution >= 4 is 17.5 Å². The number of carbonyl (C=O) groups excluding carboxylic acids is 2. The summed E-state index contributed by atoms with van der Waals surface area (Å²) >= 11 is 0. The molecule has 1 aliphatic rings. The topological polar surface area (TPSA) is 58.6 Å². The van der Waals surface area contributed by atoms with Crippen molar-refractivity contribution in [3.63, 3.8) is 0 Å². The van der Waals surface area contributed by atoms with Crippen LogP contribution in [0.4, 0.5) is 5.69 Å². The van der Waals surface area contributed by atoms with Crippen molar-refractivity contribution in [2.24, 2.45) is 5.92 Å². The zero-order chi connectivity index (χ0) is 14.7. The van der Waals surface area contributed by atoms with Gasteiger partial charge in [-0.2, -0.15) is 0 Å². The lowest BCUT2D eigenvalue weighted by Gasteiger charge is -2.33. The van der Waals surface area contributed by atoms with Gasteiger partial charge in [0.2, 0.25) is 11.8 Å². The van der Waals surface area contributed by atoms with Gasteiger partial charge in [0.05, 0.1) is 13.2 Å². The molecule has 1 heterocycles. The van der Waals surface area contributed by atoms with E-state index < -0.39 is 0 Å². The number of hydrogen-bond donors (Lipinski definition) is 1. The van der Waals surface area contributed by atoms with Crippen molar-refractivity contribution in [3.05, 3.63) is 24.3 Å². The van der Waals surface area contributed by atoms with E-state index in [4.69, 9.17) is 4.74 Å². The molecule has 0 aliphatic carbocycles. The molecule has 1 N–H and O–H groups in total. The van der Waals surface area contributed by atoms with Crippen LogP contribution in [0.3, 0.4) is 0 Å². The molecule has 0 bridgehead atoms. The van der Waals surface area contributed by atoms with Crippen LogP contribution in [0.1, 0.15) is 20.8 Å². The van der Waals surface area contributed by atoms with Crippen LogP contribution >= 0.6 is 0 Å². The van der Waals surface area contributed by atoms with Gasteiger partial charge >= 0.3 is 0 Å². The lowest BCUT2D eigenvalue weighted by Crippen LogP contribution is -2.57. The molecule has 1 unspecified atom stereocenters. The van der Waals surface area contributed by atoms with E-state index in [-0.39, 0.29) is 24.4 Å². The molecule has 108 valence electrons. The Morgan fingerprint density at radius 2 is 1.95 bits per heavy atom. The molecule has 1 aliphatic heterocycles. The average molecular weight is 276 g/mol. The fourth-order valence-corrected chi connectivity index (χ4v) is 2.03. The highest BCUT2D eigenvalue weighted by atomic mass is 16.5. The minimum Gasteiger partial charge on any atom is -0.493 e. The highest BCUT2D eigenvalue weighted by Gasteiger charge is 2.30. The maximum atomic E-state index is 11.6. The summed E-state index contributed by atoms with van der Waals surface area (Å²) in [5.74, 6) is 0.732. The van der Waals surface area contributed by atoms with Gasteiger partial charge in [-0.1, -0.05) is 13.8 Å². The Bertz CT molecular complexity index is 496. The number of piperazine rings is 1. The average Bonchev–Trinajstić information content (AvgIpc) is 2.41. The maximum absolute atomic E-state index is 11.6. The molecule has 0 spiro atoms. The van der Waals surface area contributed by atoms with Gasteiger partial charge in [0.15, 0.2) is 0 Å². The number of ether oxygens (including phenoxy) is 1. The standard InChI is InChI=1S/C15H20N2O3/c1-10(2)9-20-13-6-4-12(5-7-13)17-8-14(18)16-15(19)11(17)3/h4-7,10-11H,8-9H2,1-3H3,(H,16,18,19). The zero-order valence-electron chi connectivity index (χ0n) is 12.1. The summed E-state index contributed by atoms with van der Waals surface area (Å²) in [5, 5.41) is 2.33. The van der Waals surface area contributed by atoms with E-state index in [1.54, 1.807) is 11.8 Å². The Labute approximate surface area is 118 Å². The smallest absolute Gasteiger partial charge is 0.249 e. The fourth-order valence-electron chi connectivity index (χ4n) is 2.03. The Kier molecular flexibility index (Phi) is 4.27. The van der Waals surface area contributed by atoms with Gasteiger partial charge in [0.1, 0.15) is 11.8 Å². The summed E-state index contributed by atoms with van der Waals surface area (Å²) in [6.07, 6.45) is 0. The van der Waals surface area contributed by atoms with Crippen LogP contribution in [0, 0.1) is 5.92 Å². The van der Waals surface area contributed by atoms with Crippen molar-refractivity contribution in [1.29, 1.82) is 0 Å². The van der Waals surface area contributed by atoms with Gasteiger partial charge in [0, 0.05) is 5.69 Å². The Balaban J connectivity index is 2.08. The van der Waals surface area contributed by atoms with Crippen molar-refractivity contribution in [3.8, 4) is 5.75 Å². The molecule has 0 saturated carbocycles. The first-order valence-electron chi connectivity index (χ1n) is 6.80. The summed E-state index contributed by atoms with van der Waals surface area (Å²) in [6, 6.07) is 7.12. The lowest BCUT2D eigenvalue weighted by atomic mass is 10.1. The molecular weight excluding hydrogens is 256 g/mol. The lowest BCUT2D eigenvalue weighted by molar-refractivity contribution is -0.132. The number of imide groups is 1. The SMILES string of the molecule is CC(C)COc1ccc(N2CC(=O)NC(=O)C2C)cc1. The molecule has 1 saturated heterocycles. The molecular formula is C15H20N2O3. The van der Waals surface area contributed by atoms with Gasteiger partial charge in [0.25, 0.3) is 0 Å². The largest absolute Gasteiger partial charge is 0.493 e. The second-order valence-corrected chi connectivity index (χ2v) is 5.42. The predicted octanol–water partition coefficient (Wildman–Crippen LogP) is 1.57. The number of nitrogens with zero attached hydrogens (tertiary/aromatic N) is 1. The fraction of sp³-hybridized carbons (Fsp3) is 0.467. The van der Waals surface area contributed by atoms with E-state index in [1.165, 1.54) is 0 Å². The third kappa shape index (κ3) is 3.29. The molecule has 0 radical (unpaired) electrons. The second kappa shape index (κ2) is 5.94. The first kappa shape index (κ1) is 14.4. The van der Waals surface area contributed by atoms with E-state index in [1.807, 2.05) is 24.3 Å². The first-order chi connectivity index (χ1) is 9.47. The van der Waals surface area contributed by atoms with E-state index >= 15 is 0 Å². The van der Waals surface area contributed by atoms with E-state index in [0.717, 1.165) is 11.4 Å². The molecule has 5 heteroatoms. The summed E-state index contributed by atoms with van der Waals surface area (Å²) in [6.45, 7) is 6.83. The van der Waals surface area contributed by atoms with Crippen LogP contribution in [0.25, 0.3) is 0 Å². The van der Waals surface area contributed by atoms with Crippen LogP contribution in [0.2, 0.25) is 0 Å². The molecule has 0 aromatic heterocycles. The van der Waals surface area contributed by atoms with Gasteiger partial charge in [-0.05, 0) is 37.1 Å². The van der Waals surface area contributed by atoms with Crippen LogP contribution < -0.4 is 15.0 Å². The van der Waals surface area contributed by atoms with Crippen molar-refractivity contribution in [2.75, 3.05) is 18.1 Å². The second-order valence-electron chi connectivity index (χ2n) is 5.42.